The van der Waals surface area contributed by atoms with Crippen molar-refractivity contribution in [2.24, 2.45) is 5.10 Å². The average molecular weight is 367 g/mol. The van der Waals surface area contributed by atoms with Crippen molar-refractivity contribution < 1.29 is 13.9 Å². The van der Waals surface area contributed by atoms with Crippen LogP contribution in [0.2, 0.25) is 0 Å². The van der Waals surface area contributed by atoms with Crippen LogP contribution in [-0.4, -0.2) is 54.4 Å². The molecule has 6 heteroatoms. The topological polar surface area (TPSA) is 58.3 Å². The highest BCUT2D eigenvalue weighted by Gasteiger charge is 2.33. The zero-order valence-electron chi connectivity index (χ0n) is 15.6. The lowest BCUT2D eigenvalue weighted by atomic mass is 9.99. The van der Waals surface area contributed by atoms with Gasteiger partial charge >= 0.3 is 0 Å². The SMILES string of the molecule is Cc1ccc([C@H]2CC(c3ccco3)=NN2C(=O)CCN2CCOCC2)cc1. The molecule has 2 aliphatic heterocycles. The third-order valence-electron chi connectivity index (χ3n) is 5.18. The number of nitrogens with zero attached hydrogens (tertiary/aromatic N) is 3. The van der Waals surface area contributed by atoms with Crippen LogP contribution in [0.15, 0.2) is 52.2 Å². The summed E-state index contributed by atoms with van der Waals surface area (Å²) in [7, 11) is 0. The summed E-state index contributed by atoms with van der Waals surface area (Å²) in [4.78, 5) is 15.3. The Balaban J connectivity index is 1.51. The molecule has 1 aromatic heterocycles. The van der Waals surface area contributed by atoms with Gasteiger partial charge in [0.15, 0.2) is 0 Å². The van der Waals surface area contributed by atoms with Gasteiger partial charge in [0.1, 0.15) is 11.5 Å². The number of furan rings is 1. The Hall–Kier alpha value is -2.44. The second kappa shape index (κ2) is 8.06. The summed E-state index contributed by atoms with van der Waals surface area (Å²) in [6.07, 6.45) is 2.76. The number of aryl methyl sites for hydroxylation is 1. The van der Waals surface area contributed by atoms with E-state index < -0.39 is 0 Å². The monoisotopic (exact) mass is 367 g/mol. The third-order valence-corrected chi connectivity index (χ3v) is 5.18. The number of ether oxygens (including phenoxy) is 1. The summed E-state index contributed by atoms with van der Waals surface area (Å²) in [5, 5.41) is 6.29. The summed E-state index contributed by atoms with van der Waals surface area (Å²) in [6.45, 7) is 6.06. The molecule has 0 bridgehead atoms. The summed E-state index contributed by atoms with van der Waals surface area (Å²) < 4.78 is 10.9. The Morgan fingerprint density at radius 2 is 1.96 bits per heavy atom. The summed E-state index contributed by atoms with van der Waals surface area (Å²) in [6, 6.07) is 12.0. The van der Waals surface area contributed by atoms with Gasteiger partial charge in [-0.2, -0.15) is 5.10 Å². The van der Waals surface area contributed by atoms with Crippen LogP contribution >= 0.6 is 0 Å². The van der Waals surface area contributed by atoms with Crippen molar-refractivity contribution in [1.29, 1.82) is 0 Å². The van der Waals surface area contributed by atoms with E-state index in [1.165, 1.54) is 5.56 Å². The van der Waals surface area contributed by atoms with Crippen molar-refractivity contribution in [3.63, 3.8) is 0 Å². The molecule has 0 spiro atoms. The van der Waals surface area contributed by atoms with Gasteiger partial charge in [0, 0.05) is 32.5 Å². The second-order valence-electron chi connectivity index (χ2n) is 7.10. The van der Waals surface area contributed by atoms with Gasteiger partial charge in [0.2, 0.25) is 5.91 Å². The van der Waals surface area contributed by atoms with E-state index in [0.717, 1.165) is 49.9 Å². The minimum Gasteiger partial charge on any atom is -0.463 e. The molecule has 27 heavy (non-hydrogen) atoms. The Morgan fingerprint density at radius 3 is 2.67 bits per heavy atom. The first-order chi connectivity index (χ1) is 13.2. The van der Waals surface area contributed by atoms with Crippen LogP contribution in [0.1, 0.15) is 35.8 Å². The first-order valence-corrected chi connectivity index (χ1v) is 9.51. The van der Waals surface area contributed by atoms with Gasteiger partial charge in [-0.3, -0.25) is 9.69 Å². The number of rotatable bonds is 5. The highest BCUT2D eigenvalue weighted by molar-refractivity contribution is 6.01. The first kappa shape index (κ1) is 17.9. The lowest BCUT2D eigenvalue weighted by Gasteiger charge is -2.27. The minimum absolute atomic E-state index is 0.0497. The summed E-state index contributed by atoms with van der Waals surface area (Å²) in [5.41, 5.74) is 3.13. The number of hydrazone groups is 1. The maximum atomic E-state index is 13.0. The molecule has 1 atom stereocenters. The van der Waals surface area contributed by atoms with Gasteiger partial charge < -0.3 is 9.15 Å². The molecule has 1 fully saturated rings. The van der Waals surface area contributed by atoms with E-state index in [-0.39, 0.29) is 11.9 Å². The van der Waals surface area contributed by atoms with E-state index in [1.807, 2.05) is 12.1 Å². The zero-order chi connectivity index (χ0) is 18.6. The van der Waals surface area contributed by atoms with Gasteiger partial charge in [-0.05, 0) is 24.6 Å². The van der Waals surface area contributed by atoms with E-state index in [9.17, 15) is 4.79 Å². The largest absolute Gasteiger partial charge is 0.463 e. The molecule has 142 valence electrons. The number of hydrogen-bond acceptors (Lipinski definition) is 5. The highest BCUT2D eigenvalue weighted by Crippen LogP contribution is 2.33. The van der Waals surface area contributed by atoms with E-state index in [1.54, 1.807) is 11.3 Å². The smallest absolute Gasteiger partial charge is 0.244 e. The van der Waals surface area contributed by atoms with Gasteiger partial charge in [-0.25, -0.2) is 5.01 Å². The fraction of sp³-hybridized carbons (Fsp3) is 0.429. The molecule has 4 rings (SSSR count). The summed E-state index contributed by atoms with van der Waals surface area (Å²) >= 11 is 0. The van der Waals surface area contributed by atoms with E-state index in [2.05, 4.69) is 41.2 Å². The van der Waals surface area contributed by atoms with Crippen LogP contribution in [0, 0.1) is 6.92 Å². The quantitative estimate of drug-likeness (QED) is 0.815. The Labute approximate surface area is 159 Å². The second-order valence-corrected chi connectivity index (χ2v) is 7.10. The Morgan fingerprint density at radius 1 is 1.19 bits per heavy atom. The van der Waals surface area contributed by atoms with Crippen molar-refractivity contribution in [2.45, 2.75) is 25.8 Å². The van der Waals surface area contributed by atoms with E-state index in [0.29, 0.717) is 12.8 Å². The third kappa shape index (κ3) is 4.12. The Kier molecular flexibility index (Phi) is 5.36. The van der Waals surface area contributed by atoms with Crippen LogP contribution in [0.3, 0.4) is 0 Å². The average Bonchev–Trinajstić information content (AvgIpc) is 3.37. The van der Waals surface area contributed by atoms with Gasteiger partial charge in [-0.1, -0.05) is 29.8 Å². The number of hydrogen-bond donors (Lipinski definition) is 0. The fourth-order valence-corrected chi connectivity index (χ4v) is 3.57. The normalized spacial score (nSPS) is 20.7. The molecular weight excluding hydrogens is 342 g/mol. The molecule has 1 saturated heterocycles. The summed E-state index contributed by atoms with van der Waals surface area (Å²) in [5.74, 6) is 0.782. The lowest BCUT2D eigenvalue weighted by Crippen LogP contribution is -2.39. The number of benzene rings is 1. The predicted octanol–water partition coefficient (Wildman–Crippen LogP) is 2.99. The lowest BCUT2D eigenvalue weighted by molar-refractivity contribution is -0.133. The van der Waals surface area contributed by atoms with Gasteiger partial charge in [-0.15, -0.1) is 0 Å². The first-order valence-electron chi connectivity index (χ1n) is 9.51. The van der Waals surface area contributed by atoms with Crippen molar-refractivity contribution in [3.05, 3.63) is 59.5 Å². The zero-order valence-corrected chi connectivity index (χ0v) is 15.6. The highest BCUT2D eigenvalue weighted by atomic mass is 16.5. The maximum absolute atomic E-state index is 13.0. The molecule has 2 aliphatic rings. The molecule has 1 amide bonds. The van der Waals surface area contributed by atoms with Crippen LogP contribution in [0.25, 0.3) is 0 Å². The molecule has 0 saturated carbocycles. The Bertz CT molecular complexity index is 793. The van der Waals surface area contributed by atoms with Gasteiger partial charge in [0.05, 0.1) is 25.5 Å². The molecular formula is C21H25N3O3. The molecule has 0 unspecified atom stereocenters. The number of amides is 1. The van der Waals surface area contributed by atoms with Crippen LogP contribution in [0.5, 0.6) is 0 Å². The van der Waals surface area contributed by atoms with Crippen molar-refractivity contribution in [2.75, 3.05) is 32.8 Å². The van der Waals surface area contributed by atoms with Crippen LogP contribution in [0.4, 0.5) is 0 Å². The standard InChI is InChI=1S/C21H25N3O3/c1-16-4-6-17(7-5-16)19-15-18(20-3-2-12-27-20)22-24(19)21(25)8-9-23-10-13-26-14-11-23/h2-7,12,19H,8-11,13-15H2,1H3/t19-/m1/s1. The van der Waals surface area contributed by atoms with Crippen LogP contribution < -0.4 is 0 Å². The predicted molar refractivity (Wildman–Crippen MR) is 103 cm³/mol. The molecule has 0 N–H and O–H groups in total. The van der Waals surface area contributed by atoms with E-state index >= 15 is 0 Å². The van der Waals surface area contributed by atoms with Gasteiger partial charge in [0.25, 0.3) is 0 Å². The number of carbonyl (C=O) groups excluding carboxylic acids is 1. The van der Waals surface area contributed by atoms with Crippen molar-refractivity contribution in [1.82, 2.24) is 9.91 Å². The molecule has 0 radical (unpaired) electrons. The van der Waals surface area contributed by atoms with Crippen LogP contribution in [-0.2, 0) is 9.53 Å². The minimum atomic E-state index is -0.0807. The fourth-order valence-electron chi connectivity index (χ4n) is 3.57. The van der Waals surface area contributed by atoms with Crippen molar-refractivity contribution >= 4 is 11.6 Å². The maximum Gasteiger partial charge on any atom is 0.244 e. The number of morpholine rings is 1. The molecule has 2 aromatic rings. The van der Waals surface area contributed by atoms with E-state index in [4.69, 9.17) is 9.15 Å². The molecule has 3 heterocycles. The van der Waals surface area contributed by atoms with Crippen molar-refractivity contribution in [3.8, 4) is 0 Å². The molecule has 0 aliphatic carbocycles. The molecule has 6 nitrogen and oxygen atoms in total. The molecule has 1 aromatic carbocycles. The number of carbonyl (C=O) groups is 1.